The Morgan fingerprint density at radius 3 is 2.06 bits per heavy atom. The molecule has 6 heteroatoms. The van der Waals surface area contributed by atoms with Crippen molar-refractivity contribution in [3.63, 3.8) is 0 Å². The number of halogens is 1. The van der Waals surface area contributed by atoms with Gasteiger partial charge in [-0.3, -0.25) is 0 Å². The van der Waals surface area contributed by atoms with Crippen molar-refractivity contribution in [1.29, 1.82) is 0 Å². The minimum Gasteiger partial charge on any atom is -0.308 e. The van der Waals surface area contributed by atoms with Gasteiger partial charge in [0, 0.05) is 23.7 Å². The Bertz CT molecular complexity index is 457. The van der Waals surface area contributed by atoms with Crippen LogP contribution in [0.15, 0.2) is 29.2 Å². The van der Waals surface area contributed by atoms with Gasteiger partial charge in [0.15, 0.2) is 0 Å². The highest BCUT2D eigenvalue weighted by molar-refractivity contribution is 14.1. The molecule has 0 aliphatic rings. The van der Waals surface area contributed by atoms with Crippen LogP contribution in [-0.4, -0.2) is 51.9 Å². The van der Waals surface area contributed by atoms with Gasteiger partial charge in [-0.15, -0.1) is 0 Å². The van der Waals surface area contributed by atoms with E-state index >= 15 is 0 Å². The van der Waals surface area contributed by atoms with Crippen LogP contribution in [0.4, 0.5) is 0 Å². The van der Waals surface area contributed by atoms with Crippen molar-refractivity contribution in [2.24, 2.45) is 0 Å². The summed E-state index contributed by atoms with van der Waals surface area (Å²) in [6, 6.07) is 6.88. The summed E-state index contributed by atoms with van der Waals surface area (Å²) in [4.78, 5) is 2.30. The van der Waals surface area contributed by atoms with E-state index in [1.807, 2.05) is 19.0 Å². The second kappa shape index (κ2) is 6.12. The number of hydrogen-bond acceptors (Lipinski definition) is 3. The van der Waals surface area contributed by atoms with Crippen molar-refractivity contribution >= 4 is 32.6 Å². The van der Waals surface area contributed by atoms with E-state index in [2.05, 4.69) is 22.6 Å². The molecule has 0 amide bonds. The highest BCUT2D eigenvalue weighted by Gasteiger charge is 2.20. The topological polar surface area (TPSA) is 40.6 Å². The van der Waals surface area contributed by atoms with Gasteiger partial charge in [-0.25, -0.2) is 8.42 Å². The number of rotatable bonds is 5. The molecule has 96 valence electrons. The van der Waals surface area contributed by atoms with Gasteiger partial charge in [-0.05, 0) is 61.0 Å². The molecule has 0 aliphatic carbocycles. The SMILES string of the molecule is CN(C)CCN(C)S(=O)(=O)c1ccc(I)cc1. The Labute approximate surface area is 117 Å². The Balaban J connectivity index is 2.84. The molecule has 4 nitrogen and oxygen atoms in total. The Morgan fingerprint density at radius 1 is 1.06 bits per heavy atom. The van der Waals surface area contributed by atoms with E-state index in [0.717, 1.165) is 3.57 Å². The summed E-state index contributed by atoms with van der Waals surface area (Å²) >= 11 is 2.15. The van der Waals surface area contributed by atoms with Crippen LogP contribution >= 0.6 is 22.6 Å². The lowest BCUT2D eigenvalue weighted by Gasteiger charge is -2.19. The summed E-state index contributed by atoms with van der Waals surface area (Å²) in [5.41, 5.74) is 0. The first-order valence-corrected chi connectivity index (χ1v) is 7.72. The van der Waals surface area contributed by atoms with Crippen molar-refractivity contribution in [1.82, 2.24) is 9.21 Å². The van der Waals surface area contributed by atoms with E-state index in [1.165, 1.54) is 4.31 Å². The van der Waals surface area contributed by atoms with Gasteiger partial charge >= 0.3 is 0 Å². The second-order valence-corrected chi connectivity index (χ2v) is 7.37. The number of hydrogen-bond donors (Lipinski definition) is 0. The van der Waals surface area contributed by atoms with Gasteiger partial charge in [0.2, 0.25) is 10.0 Å². The molecule has 0 unspecified atom stereocenters. The summed E-state index contributed by atoms with van der Waals surface area (Å²) in [6.07, 6.45) is 0. The minimum atomic E-state index is -3.35. The molecule has 0 bridgehead atoms. The summed E-state index contributed by atoms with van der Waals surface area (Å²) in [6.45, 7) is 1.20. The fourth-order valence-electron chi connectivity index (χ4n) is 1.25. The van der Waals surface area contributed by atoms with Crippen LogP contribution < -0.4 is 0 Å². The first kappa shape index (κ1) is 14.9. The third kappa shape index (κ3) is 4.20. The van der Waals surface area contributed by atoms with Gasteiger partial charge in [-0.2, -0.15) is 4.31 Å². The normalized spacial score (nSPS) is 12.4. The van der Waals surface area contributed by atoms with E-state index in [1.54, 1.807) is 31.3 Å². The number of nitrogens with zero attached hydrogens (tertiary/aromatic N) is 2. The molecular formula is C11H17IN2O2S. The molecule has 17 heavy (non-hydrogen) atoms. The third-order valence-electron chi connectivity index (χ3n) is 2.38. The molecule has 0 heterocycles. The number of benzene rings is 1. The van der Waals surface area contributed by atoms with Crippen molar-refractivity contribution in [2.45, 2.75) is 4.90 Å². The van der Waals surface area contributed by atoms with Crippen molar-refractivity contribution < 1.29 is 8.42 Å². The monoisotopic (exact) mass is 368 g/mol. The molecule has 0 atom stereocenters. The van der Waals surface area contributed by atoms with Crippen molar-refractivity contribution in [2.75, 3.05) is 34.2 Å². The Kier molecular flexibility index (Phi) is 5.36. The van der Waals surface area contributed by atoms with E-state index < -0.39 is 10.0 Å². The van der Waals surface area contributed by atoms with Crippen LogP contribution in [0.3, 0.4) is 0 Å². The molecule has 0 aromatic heterocycles. The quantitative estimate of drug-likeness (QED) is 0.740. The molecule has 0 N–H and O–H groups in total. The van der Waals surface area contributed by atoms with Gasteiger partial charge < -0.3 is 4.90 Å². The van der Waals surface area contributed by atoms with Crippen LogP contribution in [0.1, 0.15) is 0 Å². The predicted molar refractivity (Wildman–Crippen MR) is 77.5 cm³/mol. The maximum absolute atomic E-state index is 12.2. The summed E-state index contributed by atoms with van der Waals surface area (Å²) in [5, 5.41) is 0. The zero-order valence-corrected chi connectivity index (χ0v) is 13.2. The molecular weight excluding hydrogens is 351 g/mol. The van der Waals surface area contributed by atoms with Crippen LogP contribution in [0.25, 0.3) is 0 Å². The lowest BCUT2D eigenvalue weighted by molar-refractivity contribution is 0.358. The lowest BCUT2D eigenvalue weighted by Crippen LogP contribution is -2.33. The first-order valence-electron chi connectivity index (χ1n) is 5.20. The molecule has 0 spiro atoms. The highest BCUT2D eigenvalue weighted by Crippen LogP contribution is 2.15. The average molecular weight is 368 g/mol. The fraction of sp³-hybridized carbons (Fsp3) is 0.455. The number of likely N-dealkylation sites (N-methyl/N-ethyl adjacent to an activating group) is 2. The number of sulfonamides is 1. The van der Waals surface area contributed by atoms with Crippen molar-refractivity contribution in [3.05, 3.63) is 27.8 Å². The molecule has 0 saturated carbocycles. The van der Waals surface area contributed by atoms with E-state index in [-0.39, 0.29) is 0 Å². The fourth-order valence-corrected chi connectivity index (χ4v) is 2.77. The van der Waals surface area contributed by atoms with Crippen LogP contribution in [0.5, 0.6) is 0 Å². The third-order valence-corrected chi connectivity index (χ3v) is 4.97. The van der Waals surface area contributed by atoms with Gasteiger partial charge in [-0.1, -0.05) is 0 Å². The van der Waals surface area contributed by atoms with E-state index in [0.29, 0.717) is 18.0 Å². The summed E-state index contributed by atoms with van der Waals surface area (Å²) in [7, 11) is 2.10. The lowest BCUT2D eigenvalue weighted by atomic mass is 10.4. The smallest absolute Gasteiger partial charge is 0.242 e. The highest BCUT2D eigenvalue weighted by atomic mass is 127. The second-order valence-electron chi connectivity index (χ2n) is 4.08. The molecule has 1 aromatic rings. The Hall–Kier alpha value is -0.180. The van der Waals surface area contributed by atoms with Crippen LogP contribution in [-0.2, 0) is 10.0 Å². The molecule has 1 rings (SSSR count). The predicted octanol–water partition coefficient (Wildman–Crippen LogP) is 1.47. The standard InChI is InChI=1S/C11H17IN2O2S/c1-13(2)8-9-14(3)17(15,16)11-6-4-10(12)5-7-11/h4-7H,8-9H2,1-3H3. The van der Waals surface area contributed by atoms with Gasteiger partial charge in [0.1, 0.15) is 0 Å². The summed E-state index contributed by atoms with van der Waals surface area (Å²) in [5.74, 6) is 0. The maximum atomic E-state index is 12.2. The minimum absolute atomic E-state index is 0.346. The van der Waals surface area contributed by atoms with Gasteiger partial charge in [0.25, 0.3) is 0 Å². The zero-order chi connectivity index (χ0) is 13.1. The molecule has 0 radical (unpaired) electrons. The molecule has 0 saturated heterocycles. The Morgan fingerprint density at radius 2 is 1.59 bits per heavy atom. The van der Waals surface area contributed by atoms with E-state index in [4.69, 9.17) is 0 Å². The average Bonchev–Trinajstić information content (AvgIpc) is 2.26. The largest absolute Gasteiger partial charge is 0.308 e. The molecule has 0 fully saturated rings. The molecule has 1 aromatic carbocycles. The van der Waals surface area contributed by atoms with Gasteiger partial charge in [0.05, 0.1) is 4.90 Å². The molecule has 0 aliphatic heterocycles. The van der Waals surface area contributed by atoms with Crippen LogP contribution in [0.2, 0.25) is 0 Å². The van der Waals surface area contributed by atoms with Crippen LogP contribution in [0, 0.1) is 3.57 Å². The van der Waals surface area contributed by atoms with Crippen molar-refractivity contribution in [3.8, 4) is 0 Å². The zero-order valence-electron chi connectivity index (χ0n) is 10.2. The maximum Gasteiger partial charge on any atom is 0.242 e. The van der Waals surface area contributed by atoms with E-state index in [9.17, 15) is 8.42 Å². The summed E-state index contributed by atoms with van der Waals surface area (Å²) < 4.78 is 26.7. The first-order chi connectivity index (χ1) is 7.84.